The monoisotopic (exact) mass is 330 g/mol. The number of aromatic nitrogens is 1. The number of nitrogens with zero attached hydrogens (tertiary/aromatic N) is 2. The maximum Gasteiger partial charge on any atom is 0.336 e. The van der Waals surface area contributed by atoms with Gasteiger partial charge in [-0.25, -0.2) is 9.78 Å². The molecule has 1 atom stereocenters. The zero-order valence-electron chi connectivity index (χ0n) is 12.0. The maximum absolute atomic E-state index is 12.1. The Labute approximate surface area is 131 Å². The first-order valence-electron chi connectivity index (χ1n) is 6.56. The number of esters is 1. The second-order valence-electron chi connectivity index (χ2n) is 4.57. The van der Waals surface area contributed by atoms with Crippen molar-refractivity contribution in [1.29, 1.82) is 0 Å². The molecule has 1 aliphatic heterocycles. The highest BCUT2D eigenvalue weighted by molar-refractivity contribution is 7.99. The molecule has 1 aromatic heterocycles. The summed E-state index contributed by atoms with van der Waals surface area (Å²) < 4.78 is 9.95. The Hall–Kier alpha value is -1.12. The highest BCUT2D eigenvalue weighted by Gasteiger charge is 2.29. The number of rotatable bonds is 5. The molecule has 0 bridgehead atoms. The van der Waals surface area contributed by atoms with Crippen molar-refractivity contribution in [2.75, 3.05) is 32.6 Å². The number of aryl methyl sites for hydroxylation is 1. The third-order valence-corrected chi connectivity index (χ3v) is 4.80. The van der Waals surface area contributed by atoms with Crippen LogP contribution in [0.5, 0.6) is 0 Å². The Morgan fingerprint density at radius 1 is 1.62 bits per heavy atom. The van der Waals surface area contributed by atoms with Gasteiger partial charge in [-0.05, 0) is 6.92 Å². The molecule has 2 rings (SSSR count). The molecule has 6 nitrogen and oxygen atoms in total. The van der Waals surface area contributed by atoms with Crippen molar-refractivity contribution in [2.45, 2.75) is 18.8 Å². The van der Waals surface area contributed by atoms with Gasteiger partial charge in [0.05, 0.1) is 36.7 Å². The van der Waals surface area contributed by atoms with E-state index in [1.807, 2.05) is 12.3 Å². The Bertz CT molecular complexity index is 506. The molecule has 0 radical (unpaired) electrons. The standard InChI is InChI=1S/C13H18N2O4S2/c1-9-14-10(7-21-9)6-20-8-12(16)15-3-4-19-11(5-15)13(17)18-2/h7,11H,3-6,8H2,1-2H3. The third-order valence-electron chi connectivity index (χ3n) is 3.03. The first kappa shape index (κ1) is 16.3. The van der Waals surface area contributed by atoms with Crippen LogP contribution in [0, 0.1) is 6.92 Å². The summed E-state index contributed by atoms with van der Waals surface area (Å²) in [5.74, 6) is 0.688. The smallest absolute Gasteiger partial charge is 0.336 e. The van der Waals surface area contributed by atoms with Crippen LogP contribution >= 0.6 is 23.1 Å². The second kappa shape index (κ2) is 7.77. The van der Waals surface area contributed by atoms with Gasteiger partial charge < -0.3 is 14.4 Å². The molecule has 8 heteroatoms. The highest BCUT2D eigenvalue weighted by atomic mass is 32.2. The van der Waals surface area contributed by atoms with Gasteiger partial charge in [0.1, 0.15) is 0 Å². The lowest BCUT2D eigenvalue weighted by Crippen LogP contribution is -2.49. The maximum atomic E-state index is 12.1. The molecule has 0 aromatic carbocycles. The number of morpholine rings is 1. The fraction of sp³-hybridized carbons (Fsp3) is 0.615. The lowest BCUT2D eigenvalue weighted by atomic mass is 10.2. The molecule has 1 aliphatic rings. The van der Waals surface area contributed by atoms with Crippen molar-refractivity contribution in [2.24, 2.45) is 0 Å². The number of hydrogen-bond donors (Lipinski definition) is 0. The van der Waals surface area contributed by atoms with E-state index < -0.39 is 12.1 Å². The van der Waals surface area contributed by atoms with E-state index in [0.717, 1.165) is 16.5 Å². The Balaban J connectivity index is 1.76. The zero-order valence-corrected chi connectivity index (χ0v) is 13.7. The minimum atomic E-state index is -0.668. The molecule has 1 amide bonds. The first-order chi connectivity index (χ1) is 10.1. The topological polar surface area (TPSA) is 68.7 Å². The quantitative estimate of drug-likeness (QED) is 0.753. The van der Waals surface area contributed by atoms with Gasteiger partial charge in [-0.3, -0.25) is 4.79 Å². The van der Waals surface area contributed by atoms with Crippen molar-refractivity contribution >= 4 is 35.0 Å². The van der Waals surface area contributed by atoms with E-state index in [4.69, 9.17) is 4.74 Å². The van der Waals surface area contributed by atoms with E-state index >= 15 is 0 Å². The summed E-state index contributed by atoms with van der Waals surface area (Å²) in [4.78, 5) is 29.6. The molecule has 21 heavy (non-hydrogen) atoms. The average molecular weight is 330 g/mol. The molecule has 0 aliphatic carbocycles. The number of ether oxygens (including phenoxy) is 2. The van der Waals surface area contributed by atoms with Crippen LogP contribution in [0.4, 0.5) is 0 Å². The molecule has 116 valence electrons. The molecule has 0 N–H and O–H groups in total. The molecule has 1 unspecified atom stereocenters. The number of carbonyl (C=O) groups excluding carboxylic acids is 2. The number of thioether (sulfide) groups is 1. The van der Waals surface area contributed by atoms with Crippen LogP contribution in [0.2, 0.25) is 0 Å². The van der Waals surface area contributed by atoms with Crippen molar-refractivity contribution in [3.05, 3.63) is 16.1 Å². The third kappa shape index (κ3) is 4.69. The van der Waals surface area contributed by atoms with Crippen LogP contribution in [-0.2, 0) is 24.8 Å². The summed E-state index contributed by atoms with van der Waals surface area (Å²) in [6.45, 7) is 3.11. The molecular formula is C13H18N2O4S2. The number of hydrogen-bond acceptors (Lipinski definition) is 7. The predicted molar refractivity (Wildman–Crippen MR) is 81.3 cm³/mol. The summed E-state index contributed by atoms with van der Waals surface area (Å²) in [5, 5.41) is 3.04. The van der Waals surface area contributed by atoms with Crippen molar-refractivity contribution in [3.8, 4) is 0 Å². The van der Waals surface area contributed by atoms with Gasteiger partial charge in [0, 0.05) is 17.7 Å². The SMILES string of the molecule is COC(=O)C1CN(C(=O)CSCc2csc(C)n2)CCO1. The number of methoxy groups -OCH3 is 1. The van der Waals surface area contributed by atoms with E-state index in [1.54, 1.807) is 16.2 Å². The Morgan fingerprint density at radius 3 is 3.10 bits per heavy atom. The fourth-order valence-corrected chi connectivity index (χ4v) is 3.49. The van der Waals surface area contributed by atoms with E-state index in [-0.39, 0.29) is 12.5 Å². The van der Waals surface area contributed by atoms with Crippen LogP contribution in [-0.4, -0.2) is 60.4 Å². The van der Waals surface area contributed by atoms with E-state index in [9.17, 15) is 9.59 Å². The minimum absolute atomic E-state index is 0.0177. The fourth-order valence-electron chi connectivity index (χ4n) is 1.96. The number of amides is 1. The molecule has 1 aromatic rings. The molecule has 1 saturated heterocycles. The molecule has 1 fully saturated rings. The molecular weight excluding hydrogens is 312 g/mol. The number of thiazole rings is 1. The first-order valence-corrected chi connectivity index (χ1v) is 8.59. The van der Waals surface area contributed by atoms with E-state index in [0.29, 0.717) is 18.9 Å². The van der Waals surface area contributed by atoms with Crippen molar-refractivity contribution < 1.29 is 19.1 Å². The van der Waals surface area contributed by atoms with Crippen molar-refractivity contribution in [1.82, 2.24) is 9.88 Å². The van der Waals surface area contributed by atoms with Crippen LogP contribution in [0.15, 0.2) is 5.38 Å². The summed E-state index contributed by atoms with van der Waals surface area (Å²) in [6.07, 6.45) is -0.668. The van der Waals surface area contributed by atoms with Crippen LogP contribution in [0.25, 0.3) is 0 Å². The Kier molecular flexibility index (Phi) is 6.01. The zero-order chi connectivity index (χ0) is 15.2. The normalized spacial score (nSPS) is 18.6. The van der Waals surface area contributed by atoms with Gasteiger partial charge in [-0.15, -0.1) is 23.1 Å². The summed E-state index contributed by atoms with van der Waals surface area (Å²) >= 11 is 3.14. The van der Waals surface area contributed by atoms with Gasteiger partial charge in [-0.2, -0.15) is 0 Å². The summed E-state index contributed by atoms with van der Waals surface area (Å²) in [5.41, 5.74) is 1.00. The van der Waals surface area contributed by atoms with Crippen LogP contribution in [0.3, 0.4) is 0 Å². The van der Waals surface area contributed by atoms with Gasteiger partial charge in [0.25, 0.3) is 0 Å². The predicted octanol–water partition coefficient (Wildman–Crippen LogP) is 1.09. The molecule has 2 heterocycles. The van der Waals surface area contributed by atoms with Gasteiger partial charge in [-0.1, -0.05) is 0 Å². The average Bonchev–Trinajstić information content (AvgIpc) is 2.92. The van der Waals surface area contributed by atoms with Gasteiger partial charge in [0.2, 0.25) is 5.91 Å². The van der Waals surface area contributed by atoms with Crippen LogP contribution in [0.1, 0.15) is 10.7 Å². The molecule has 0 saturated carbocycles. The second-order valence-corrected chi connectivity index (χ2v) is 6.62. The largest absolute Gasteiger partial charge is 0.467 e. The van der Waals surface area contributed by atoms with Crippen molar-refractivity contribution in [3.63, 3.8) is 0 Å². The van der Waals surface area contributed by atoms with E-state index in [2.05, 4.69) is 9.72 Å². The minimum Gasteiger partial charge on any atom is -0.467 e. The lowest BCUT2D eigenvalue weighted by molar-refractivity contribution is -0.161. The van der Waals surface area contributed by atoms with Gasteiger partial charge in [0.15, 0.2) is 6.10 Å². The number of carbonyl (C=O) groups is 2. The Morgan fingerprint density at radius 2 is 2.43 bits per heavy atom. The summed E-state index contributed by atoms with van der Waals surface area (Å²) in [6, 6.07) is 0. The molecule has 0 spiro atoms. The highest BCUT2D eigenvalue weighted by Crippen LogP contribution is 2.16. The van der Waals surface area contributed by atoms with Crippen LogP contribution < -0.4 is 0 Å². The van der Waals surface area contributed by atoms with Gasteiger partial charge >= 0.3 is 5.97 Å². The summed E-state index contributed by atoms with van der Waals surface area (Å²) in [7, 11) is 1.32. The lowest BCUT2D eigenvalue weighted by Gasteiger charge is -2.31. The van der Waals surface area contributed by atoms with E-state index in [1.165, 1.54) is 18.9 Å².